The SMILES string of the molecule is Cc1nc([C@@H](C)N(C)C(=O)C2CCN(C(=O)C3CC3)CC2)c(C)s1. The third kappa shape index (κ3) is 3.48. The van der Waals surface area contributed by atoms with Gasteiger partial charge in [-0.3, -0.25) is 9.59 Å². The van der Waals surface area contributed by atoms with Gasteiger partial charge in [0.25, 0.3) is 0 Å². The number of likely N-dealkylation sites (tertiary alicyclic amines) is 1. The number of hydrogen-bond donors (Lipinski definition) is 0. The van der Waals surface area contributed by atoms with Crippen molar-refractivity contribution in [3.63, 3.8) is 0 Å². The molecule has 0 radical (unpaired) electrons. The van der Waals surface area contributed by atoms with Gasteiger partial charge in [0.05, 0.1) is 16.7 Å². The first-order valence-electron chi connectivity index (χ1n) is 8.88. The van der Waals surface area contributed by atoms with Crippen molar-refractivity contribution in [2.45, 2.75) is 52.5 Å². The highest BCUT2D eigenvalue weighted by Crippen LogP contribution is 2.33. The van der Waals surface area contributed by atoms with Gasteiger partial charge < -0.3 is 9.80 Å². The third-order valence-electron chi connectivity index (χ3n) is 5.35. The Hall–Kier alpha value is -1.43. The van der Waals surface area contributed by atoms with E-state index >= 15 is 0 Å². The van der Waals surface area contributed by atoms with Gasteiger partial charge in [-0.25, -0.2) is 4.98 Å². The number of hydrogen-bond acceptors (Lipinski definition) is 4. The zero-order valence-electron chi connectivity index (χ0n) is 15.0. The van der Waals surface area contributed by atoms with Crippen molar-refractivity contribution in [2.75, 3.05) is 20.1 Å². The molecule has 1 saturated heterocycles. The Labute approximate surface area is 148 Å². The first kappa shape index (κ1) is 17.4. The molecule has 0 bridgehead atoms. The van der Waals surface area contributed by atoms with Crippen LogP contribution in [0.4, 0.5) is 0 Å². The summed E-state index contributed by atoms with van der Waals surface area (Å²) in [6.45, 7) is 7.57. The van der Waals surface area contributed by atoms with Crippen molar-refractivity contribution < 1.29 is 9.59 Å². The lowest BCUT2D eigenvalue weighted by molar-refractivity contribution is -0.141. The van der Waals surface area contributed by atoms with E-state index in [1.807, 2.05) is 30.7 Å². The van der Waals surface area contributed by atoms with Crippen LogP contribution in [0.2, 0.25) is 0 Å². The molecule has 0 unspecified atom stereocenters. The summed E-state index contributed by atoms with van der Waals surface area (Å²) in [7, 11) is 1.88. The quantitative estimate of drug-likeness (QED) is 0.840. The third-order valence-corrected chi connectivity index (χ3v) is 6.25. The van der Waals surface area contributed by atoms with Gasteiger partial charge in [-0.2, -0.15) is 0 Å². The maximum atomic E-state index is 12.9. The fourth-order valence-corrected chi connectivity index (χ4v) is 4.44. The van der Waals surface area contributed by atoms with Crippen LogP contribution in [0.25, 0.3) is 0 Å². The van der Waals surface area contributed by atoms with E-state index in [1.165, 1.54) is 4.88 Å². The molecule has 3 rings (SSSR count). The average molecular weight is 350 g/mol. The lowest BCUT2D eigenvalue weighted by Crippen LogP contribution is -2.44. The molecule has 2 heterocycles. The van der Waals surface area contributed by atoms with Crippen molar-refractivity contribution in [1.82, 2.24) is 14.8 Å². The molecular formula is C18H27N3O2S. The number of carbonyl (C=O) groups excluding carboxylic acids is 2. The Kier molecular flexibility index (Phi) is 4.95. The van der Waals surface area contributed by atoms with Gasteiger partial charge in [0, 0.05) is 36.9 Å². The second kappa shape index (κ2) is 6.82. The number of nitrogens with zero attached hydrogens (tertiary/aromatic N) is 3. The summed E-state index contributed by atoms with van der Waals surface area (Å²) in [5, 5.41) is 1.04. The Morgan fingerprint density at radius 3 is 2.29 bits per heavy atom. The molecule has 2 amide bonds. The normalized spacial score (nSPS) is 20.1. The molecule has 24 heavy (non-hydrogen) atoms. The molecule has 1 aliphatic carbocycles. The van der Waals surface area contributed by atoms with Gasteiger partial charge in [0.2, 0.25) is 11.8 Å². The molecule has 0 N–H and O–H groups in total. The zero-order valence-corrected chi connectivity index (χ0v) is 15.9. The summed E-state index contributed by atoms with van der Waals surface area (Å²) < 4.78 is 0. The molecule has 132 valence electrons. The first-order chi connectivity index (χ1) is 11.4. The predicted molar refractivity (Wildman–Crippen MR) is 94.8 cm³/mol. The number of thiazole rings is 1. The van der Waals surface area contributed by atoms with E-state index in [9.17, 15) is 9.59 Å². The second-order valence-electron chi connectivity index (χ2n) is 7.17. The lowest BCUT2D eigenvalue weighted by atomic mass is 9.94. The van der Waals surface area contributed by atoms with E-state index in [0.29, 0.717) is 5.91 Å². The molecule has 0 aromatic carbocycles. The number of aryl methyl sites for hydroxylation is 2. The van der Waals surface area contributed by atoms with Crippen molar-refractivity contribution in [1.29, 1.82) is 0 Å². The molecule has 2 fully saturated rings. The van der Waals surface area contributed by atoms with Crippen LogP contribution < -0.4 is 0 Å². The van der Waals surface area contributed by atoms with Gasteiger partial charge >= 0.3 is 0 Å². The molecule has 2 aliphatic rings. The minimum atomic E-state index is -0.00595. The van der Waals surface area contributed by atoms with Crippen LogP contribution in [0.3, 0.4) is 0 Å². The molecule has 0 spiro atoms. The number of aromatic nitrogens is 1. The summed E-state index contributed by atoms with van der Waals surface area (Å²) in [5.41, 5.74) is 1.01. The van der Waals surface area contributed by atoms with Gasteiger partial charge in [-0.1, -0.05) is 0 Å². The Morgan fingerprint density at radius 2 is 1.79 bits per heavy atom. The van der Waals surface area contributed by atoms with Crippen LogP contribution in [-0.2, 0) is 9.59 Å². The topological polar surface area (TPSA) is 53.5 Å². The van der Waals surface area contributed by atoms with E-state index in [4.69, 9.17) is 0 Å². The molecule has 1 aliphatic heterocycles. The lowest BCUT2D eigenvalue weighted by Gasteiger charge is -2.35. The number of amides is 2. The molecule has 1 aromatic heterocycles. The minimum Gasteiger partial charge on any atom is -0.342 e. The highest BCUT2D eigenvalue weighted by molar-refractivity contribution is 7.11. The monoisotopic (exact) mass is 349 g/mol. The van der Waals surface area contributed by atoms with E-state index in [-0.39, 0.29) is 23.8 Å². The molecule has 6 heteroatoms. The summed E-state index contributed by atoms with van der Waals surface area (Å²) in [6, 6.07) is -0.00595. The van der Waals surface area contributed by atoms with E-state index in [2.05, 4.69) is 11.9 Å². The van der Waals surface area contributed by atoms with Crippen LogP contribution in [0.5, 0.6) is 0 Å². The maximum Gasteiger partial charge on any atom is 0.226 e. The van der Waals surface area contributed by atoms with Gasteiger partial charge in [-0.15, -0.1) is 11.3 Å². The molecule has 5 nitrogen and oxygen atoms in total. The number of carbonyl (C=O) groups is 2. The van der Waals surface area contributed by atoms with Crippen LogP contribution in [0, 0.1) is 25.7 Å². The molecule has 1 atom stereocenters. The second-order valence-corrected chi connectivity index (χ2v) is 8.58. The van der Waals surface area contributed by atoms with Crippen LogP contribution in [0.1, 0.15) is 54.2 Å². The van der Waals surface area contributed by atoms with E-state index in [1.54, 1.807) is 11.3 Å². The predicted octanol–water partition coefficient (Wildman–Crippen LogP) is 2.93. The Bertz CT molecular complexity index is 630. The van der Waals surface area contributed by atoms with Crippen molar-refractivity contribution in [2.24, 2.45) is 11.8 Å². The average Bonchev–Trinajstić information content (AvgIpc) is 3.37. The molecular weight excluding hydrogens is 322 g/mol. The minimum absolute atomic E-state index is 0.00595. The van der Waals surface area contributed by atoms with Gasteiger partial charge in [-0.05, 0) is 46.5 Å². The largest absolute Gasteiger partial charge is 0.342 e. The van der Waals surface area contributed by atoms with Crippen LogP contribution in [0.15, 0.2) is 0 Å². The van der Waals surface area contributed by atoms with Crippen LogP contribution >= 0.6 is 11.3 Å². The first-order valence-corrected chi connectivity index (χ1v) is 9.69. The van der Waals surface area contributed by atoms with Crippen molar-refractivity contribution in [3.8, 4) is 0 Å². The van der Waals surface area contributed by atoms with Gasteiger partial charge in [0.15, 0.2) is 0 Å². The van der Waals surface area contributed by atoms with Crippen molar-refractivity contribution >= 4 is 23.2 Å². The maximum absolute atomic E-state index is 12.9. The zero-order chi connectivity index (χ0) is 17.4. The summed E-state index contributed by atoms with van der Waals surface area (Å²) in [4.78, 5) is 34.6. The van der Waals surface area contributed by atoms with E-state index in [0.717, 1.165) is 49.5 Å². The Balaban J connectivity index is 1.58. The van der Waals surface area contributed by atoms with Gasteiger partial charge in [0.1, 0.15) is 0 Å². The van der Waals surface area contributed by atoms with Crippen LogP contribution in [-0.4, -0.2) is 46.7 Å². The number of piperidine rings is 1. The van der Waals surface area contributed by atoms with Crippen molar-refractivity contribution in [3.05, 3.63) is 15.6 Å². The Morgan fingerprint density at radius 1 is 1.17 bits per heavy atom. The smallest absolute Gasteiger partial charge is 0.226 e. The highest BCUT2D eigenvalue weighted by Gasteiger charge is 2.37. The number of rotatable bonds is 4. The molecule has 1 aromatic rings. The fourth-order valence-electron chi connectivity index (χ4n) is 3.53. The highest BCUT2D eigenvalue weighted by atomic mass is 32.1. The summed E-state index contributed by atoms with van der Waals surface area (Å²) in [5.74, 6) is 0.791. The molecule has 1 saturated carbocycles. The summed E-state index contributed by atoms with van der Waals surface area (Å²) in [6.07, 6.45) is 3.65. The van der Waals surface area contributed by atoms with E-state index < -0.39 is 0 Å². The summed E-state index contributed by atoms with van der Waals surface area (Å²) >= 11 is 1.68. The fraction of sp³-hybridized carbons (Fsp3) is 0.722. The standard InChI is InChI=1S/C18H27N3O2S/c1-11(16-12(2)24-13(3)19-16)20(4)17(22)15-7-9-21(10-8-15)18(23)14-5-6-14/h11,14-15H,5-10H2,1-4H3/t11-/m1/s1.